The number of nitrogens with one attached hydrogen (secondary N) is 1. The van der Waals surface area contributed by atoms with E-state index < -0.39 is 5.41 Å². The molecule has 2 aliphatic heterocycles. The number of aliphatic imine (C=N–C) groups is 1. The quantitative estimate of drug-likeness (QED) is 0.180. The molecular formula is C58H37N3S. The van der Waals surface area contributed by atoms with Crippen molar-refractivity contribution in [2.75, 3.05) is 5.32 Å². The van der Waals surface area contributed by atoms with Crippen molar-refractivity contribution >= 4 is 50.5 Å². The monoisotopic (exact) mass is 807 g/mol. The van der Waals surface area contributed by atoms with Gasteiger partial charge in [-0.3, -0.25) is 0 Å². The summed E-state index contributed by atoms with van der Waals surface area (Å²) in [4.78, 5) is 13.4. The second-order valence-corrected chi connectivity index (χ2v) is 17.5. The van der Waals surface area contributed by atoms with Gasteiger partial charge < -0.3 is 5.32 Å². The number of benzene rings is 9. The summed E-state index contributed by atoms with van der Waals surface area (Å²) >= 11 is 1.90. The van der Waals surface area contributed by atoms with Crippen molar-refractivity contribution in [3.05, 3.63) is 246 Å². The molecule has 3 aliphatic rings. The molecule has 13 rings (SSSR count). The molecule has 9 aromatic carbocycles. The van der Waals surface area contributed by atoms with Gasteiger partial charge in [-0.1, -0.05) is 194 Å². The van der Waals surface area contributed by atoms with Crippen LogP contribution in [-0.2, 0) is 5.41 Å². The Bertz CT molecular complexity index is 3440. The maximum atomic E-state index is 5.47. The molecule has 1 N–H and O–H groups in total. The fourth-order valence-electron chi connectivity index (χ4n) is 10.5. The largest absolute Gasteiger partial charge is 0.371 e. The Morgan fingerprint density at radius 1 is 0.468 bits per heavy atom. The number of nitrogens with zero attached hydrogens (tertiary/aromatic N) is 2. The topological polar surface area (TPSA) is 37.3 Å². The summed E-state index contributed by atoms with van der Waals surface area (Å²) in [5.74, 6) is 0. The highest BCUT2D eigenvalue weighted by Crippen LogP contribution is 2.63. The van der Waals surface area contributed by atoms with Gasteiger partial charge in [0.1, 0.15) is 0 Å². The SMILES string of the molecule is c1ccc(C2=Nc3cc(-c4cccc(-c5nc6ccccc6c6c7c(ccc56)C5(c6ccccc6S7)c6ccccc6-c6ccccc65)c4)ccc3NC2c2ccccc2)cc1. The lowest BCUT2D eigenvalue weighted by Gasteiger charge is -2.40. The third-order valence-electron chi connectivity index (χ3n) is 13.2. The summed E-state index contributed by atoms with van der Waals surface area (Å²) in [6.45, 7) is 0. The van der Waals surface area contributed by atoms with E-state index in [0.29, 0.717) is 0 Å². The maximum Gasteiger partial charge on any atom is 0.0947 e. The molecule has 1 aliphatic carbocycles. The zero-order valence-corrected chi connectivity index (χ0v) is 34.4. The first kappa shape index (κ1) is 35.2. The Morgan fingerprint density at radius 3 is 1.92 bits per heavy atom. The first-order valence-electron chi connectivity index (χ1n) is 21.3. The van der Waals surface area contributed by atoms with Gasteiger partial charge >= 0.3 is 0 Å². The highest BCUT2D eigenvalue weighted by molar-refractivity contribution is 7.99. The van der Waals surface area contributed by atoms with Crippen LogP contribution < -0.4 is 5.32 Å². The van der Waals surface area contributed by atoms with E-state index in [2.05, 4.69) is 218 Å². The average molecular weight is 808 g/mol. The molecule has 0 amide bonds. The van der Waals surface area contributed by atoms with Crippen LogP contribution in [0.1, 0.15) is 39.4 Å². The van der Waals surface area contributed by atoms with Crippen LogP contribution in [0.5, 0.6) is 0 Å². The highest BCUT2D eigenvalue weighted by Gasteiger charge is 2.50. The lowest BCUT2D eigenvalue weighted by Crippen LogP contribution is -2.32. The molecule has 1 aromatic heterocycles. The summed E-state index contributed by atoms with van der Waals surface area (Å²) in [5.41, 5.74) is 18.1. The van der Waals surface area contributed by atoms with Gasteiger partial charge in [0.25, 0.3) is 0 Å². The van der Waals surface area contributed by atoms with E-state index >= 15 is 0 Å². The van der Waals surface area contributed by atoms with Crippen molar-refractivity contribution in [2.24, 2.45) is 4.99 Å². The maximum absolute atomic E-state index is 5.47. The Kier molecular flexibility index (Phi) is 7.82. The molecule has 1 atom stereocenters. The second-order valence-electron chi connectivity index (χ2n) is 16.4. The van der Waals surface area contributed by atoms with Gasteiger partial charge in [0.15, 0.2) is 0 Å². The number of anilines is 1. The number of pyridine rings is 1. The third-order valence-corrected chi connectivity index (χ3v) is 14.4. The molecule has 0 saturated heterocycles. The predicted octanol–water partition coefficient (Wildman–Crippen LogP) is 14.8. The summed E-state index contributed by atoms with van der Waals surface area (Å²) in [7, 11) is 0. The third kappa shape index (κ3) is 5.14. The molecular weight excluding hydrogens is 771 g/mol. The molecule has 0 radical (unpaired) electrons. The first-order valence-corrected chi connectivity index (χ1v) is 22.1. The zero-order chi connectivity index (χ0) is 40.8. The van der Waals surface area contributed by atoms with Gasteiger partial charge in [-0.25, -0.2) is 9.98 Å². The summed E-state index contributed by atoms with van der Waals surface area (Å²) in [5, 5.41) is 7.41. The second kappa shape index (κ2) is 13.8. The molecule has 1 spiro atoms. The van der Waals surface area contributed by atoms with Gasteiger partial charge in [-0.05, 0) is 86.0 Å². The number of para-hydroxylation sites is 1. The molecule has 3 nitrogen and oxygen atoms in total. The number of rotatable bonds is 4. The zero-order valence-electron chi connectivity index (χ0n) is 33.6. The van der Waals surface area contributed by atoms with Crippen molar-refractivity contribution in [3.8, 4) is 33.5 Å². The summed E-state index contributed by atoms with van der Waals surface area (Å²) in [6, 6.07) is 77.1. The molecule has 290 valence electrons. The smallest absolute Gasteiger partial charge is 0.0947 e. The number of aromatic nitrogens is 1. The molecule has 0 bridgehead atoms. The van der Waals surface area contributed by atoms with Crippen LogP contribution in [0.3, 0.4) is 0 Å². The highest BCUT2D eigenvalue weighted by atomic mass is 32.2. The lowest BCUT2D eigenvalue weighted by molar-refractivity contribution is 0.726. The van der Waals surface area contributed by atoms with E-state index in [1.54, 1.807) is 0 Å². The van der Waals surface area contributed by atoms with Crippen molar-refractivity contribution in [2.45, 2.75) is 21.2 Å². The number of hydrogen-bond acceptors (Lipinski definition) is 4. The first-order chi connectivity index (χ1) is 30.7. The molecule has 0 fully saturated rings. The molecule has 4 heteroatoms. The normalized spacial score (nSPS) is 15.2. The van der Waals surface area contributed by atoms with Crippen LogP contribution in [0.2, 0.25) is 0 Å². The molecule has 62 heavy (non-hydrogen) atoms. The van der Waals surface area contributed by atoms with Crippen molar-refractivity contribution in [1.29, 1.82) is 0 Å². The van der Waals surface area contributed by atoms with E-state index in [4.69, 9.17) is 9.98 Å². The molecule has 0 saturated carbocycles. The van der Waals surface area contributed by atoms with E-state index in [9.17, 15) is 0 Å². The minimum Gasteiger partial charge on any atom is -0.371 e. The Hall–Kier alpha value is -7.53. The Labute approximate surface area is 364 Å². The predicted molar refractivity (Wildman–Crippen MR) is 257 cm³/mol. The van der Waals surface area contributed by atoms with Crippen LogP contribution in [0.4, 0.5) is 11.4 Å². The van der Waals surface area contributed by atoms with Gasteiger partial charge in [0.2, 0.25) is 0 Å². The van der Waals surface area contributed by atoms with Crippen LogP contribution >= 0.6 is 11.8 Å². The molecule has 10 aromatic rings. The Balaban J connectivity index is 0.990. The molecule has 1 unspecified atom stereocenters. The van der Waals surface area contributed by atoms with Crippen molar-refractivity contribution in [3.63, 3.8) is 0 Å². The van der Waals surface area contributed by atoms with Gasteiger partial charge in [0.05, 0.1) is 39.8 Å². The van der Waals surface area contributed by atoms with Crippen molar-refractivity contribution in [1.82, 2.24) is 4.98 Å². The van der Waals surface area contributed by atoms with Crippen LogP contribution in [0, 0.1) is 0 Å². The Morgan fingerprint density at radius 2 is 1.11 bits per heavy atom. The van der Waals surface area contributed by atoms with Crippen LogP contribution in [0.15, 0.2) is 227 Å². The standard InChI is InChI=1S/C58H37N3S/c1-3-16-36(17-4-1)55-56(37-18-5-2-6-19-37)61-51-35-39(30-33-50(51)60-55)38-20-15-21-40(34-38)54-44-31-32-48-57(53(44)43-24-9-13-28-49(43)59-54)62-52-29-14-12-27-47(52)58(48)45-25-10-7-22-41(45)42-23-8-11-26-46(42)58/h1-35,55,60H. The van der Waals surface area contributed by atoms with Crippen LogP contribution in [0.25, 0.3) is 55.2 Å². The fourth-order valence-corrected chi connectivity index (χ4v) is 11.8. The summed E-state index contributed by atoms with van der Waals surface area (Å²) in [6.07, 6.45) is 0. The van der Waals surface area contributed by atoms with Crippen LogP contribution in [-0.4, -0.2) is 10.7 Å². The summed E-state index contributed by atoms with van der Waals surface area (Å²) < 4.78 is 0. The minimum absolute atomic E-state index is 0.0574. The number of hydrogen-bond donors (Lipinski definition) is 1. The van der Waals surface area contributed by atoms with Gasteiger partial charge in [0, 0.05) is 31.5 Å². The van der Waals surface area contributed by atoms with Gasteiger partial charge in [-0.15, -0.1) is 0 Å². The number of fused-ring (bicyclic) bond motifs is 14. The van der Waals surface area contributed by atoms with E-state index in [0.717, 1.165) is 55.9 Å². The van der Waals surface area contributed by atoms with E-state index in [-0.39, 0.29) is 6.04 Å². The van der Waals surface area contributed by atoms with E-state index in [1.165, 1.54) is 59.5 Å². The van der Waals surface area contributed by atoms with Crippen molar-refractivity contribution < 1.29 is 0 Å². The van der Waals surface area contributed by atoms with Gasteiger partial charge in [-0.2, -0.15) is 0 Å². The minimum atomic E-state index is -0.450. The lowest BCUT2D eigenvalue weighted by atomic mass is 9.67. The fraction of sp³-hybridized carbons (Fsp3) is 0.0345. The molecule has 3 heterocycles. The average Bonchev–Trinajstić information content (AvgIpc) is 3.64. The van der Waals surface area contributed by atoms with E-state index in [1.807, 2.05) is 11.8 Å².